The number of alkyl carbamates (subject to hydrolysis) is 1. The minimum absolute atomic E-state index is 0.0812. The van der Waals surface area contributed by atoms with E-state index in [9.17, 15) is 14.4 Å². The molecule has 0 saturated heterocycles. The van der Waals surface area contributed by atoms with E-state index in [1.165, 1.54) is 0 Å². The number of amides is 2. The number of rotatable bonds is 8. The van der Waals surface area contributed by atoms with Gasteiger partial charge in [-0.2, -0.15) is 0 Å². The highest BCUT2D eigenvalue weighted by atomic mass is 16.5. The molecule has 1 fully saturated rings. The molecule has 5 rings (SSSR count). The van der Waals surface area contributed by atoms with E-state index in [1.807, 2.05) is 42.5 Å². The van der Waals surface area contributed by atoms with Gasteiger partial charge in [0.25, 0.3) is 0 Å². The van der Waals surface area contributed by atoms with Gasteiger partial charge in [-0.3, -0.25) is 9.59 Å². The summed E-state index contributed by atoms with van der Waals surface area (Å²) in [6, 6.07) is 24.1. The predicted molar refractivity (Wildman–Crippen MR) is 130 cm³/mol. The lowest BCUT2D eigenvalue weighted by Crippen LogP contribution is -2.41. The average molecular weight is 471 g/mol. The molecule has 178 valence electrons. The number of carboxylic acid groups (broad SMARTS) is 1. The molecular weight excluding hydrogens is 444 g/mol. The SMILES string of the molecule is O=C(NC(C(=O)NCC1CC1C(=O)O)c1ccccc1)OCC1c2ccccc2-c2ccccc21. The zero-order valence-electron chi connectivity index (χ0n) is 19.0. The molecule has 3 atom stereocenters. The summed E-state index contributed by atoms with van der Waals surface area (Å²) in [6.45, 7) is 0.400. The Kier molecular flexibility index (Phi) is 6.23. The molecule has 2 aliphatic carbocycles. The summed E-state index contributed by atoms with van der Waals surface area (Å²) in [6.07, 6.45) is -0.142. The lowest BCUT2D eigenvalue weighted by atomic mass is 9.98. The van der Waals surface area contributed by atoms with Crippen LogP contribution in [0, 0.1) is 11.8 Å². The molecule has 2 aliphatic rings. The fourth-order valence-corrected chi connectivity index (χ4v) is 4.81. The molecule has 0 spiro atoms. The normalized spacial score (nSPS) is 18.6. The number of aliphatic carboxylic acids is 1. The standard InChI is InChI=1S/C28H26N2O5/c31-26(29-15-18-14-23(18)27(32)33)25(17-8-2-1-3-9-17)30-28(34)35-16-24-21-12-6-4-10-19(21)20-11-5-7-13-22(20)24/h1-13,18,23-25H,14-16H2,(H,29,31)(H,30,34)(H,32,33). The lowest BCUT2D eigenvalue weighted by molar-refractivity contribution is -0.139. The Morgan fingerprint density at radius 3 is 2.09 bits per heavy atom. The van der Waals surface area contributed by atoms with Gasteiger partial charge < -0.3 is 20.5 Å². The van der Waals surface area contributed by atoms with Gasteiger partial charge in [-0.05, 0) is 40.2 Å². The molecule has 0 heterocycles. The largest absolute Gasteiger partial charge is 0.481 e. The molecule has 0 bridgehead atoms. The van der Waals surface area contributed by atoms with Gasteiger partial charge in [0.2, 0.25) is 5.91 Å². The number of nitrogens with one attached hydrogen (secondary N) is 2. The molecule has 2 amide bonds. The van der Waals surface area contributed by atoms with E-state index in [4.69, 9.17) is 9.84 Å². The zero-order chi connectivity index (χ0) is 24.4. The third-order valence-electron chi connectivity index (χ3n) is 6.78. The average Bonchev–Trinajstić information content (AvgIpc) is 3.61. The van der Waals surface area contributed by atoms with Crippen molar-refractivity contribution in [2.24, 2.45) is 11.8 Å². The molecule has 3 unspecified atom stereocenters. The van der Waals surface area contributed by atoms with Gasteiger partial charge in [0.05, 0.1) is 5.92 Å². The Hall–Kier alpha value is -4.13. The van der Waals surface area contributed by atoms with E-state index in [1.54, 1.807) is 24.3 Å². The Bertz CT molecular complexity index is 1210. The highest BCUT2D eigenvalue weighted by Gasteiger charge is 2.43. The van der Waals surface area contributed by atoms with Crippen LogP contribution in [-0.4, -0.2) is 36.2 Å². The summed E-state index contributed by atoms with van der Waals surface area (Å²) in [5.41, 5.74) is 5.11. The number of carboxylic acids is 1. The van der Waals surface area contributed by atoms with Crippen molar-refractivity contribution in [1.29, 1.82) is 0 Å². The quantitative estimate of drug-likeness (QED) is 0.460. The maximum Gasteiger partial charge on any atom is 0.408 e. The van der Waals surface area contributed by atoms with Crippen LogP contribution in [-0.2, 0) is 14.3 Å². The second-order valence-electron chi connectivity index (χ2n) is 9.00. The fraction of sp³-hybridized carbons (Fsp3) is 0.250. The molecule has 7 heteroatoms. The number of hydrogen-bond donors (Lipinski definition) is 3. The van der Waals surface area contributed by atoms with Gasteiger partial charge in [0.15, 0.2) is 0 Å². The maximum atomic E-state index is 12.9. The Morgan fingerprint density at radius 2 is 1.49 bits per heavy atom. The van der Waals surface area contributed by atoms with Crippen LogP contribution in [0.5, 0.6) is 0 Å². The number of hydrogen-bond acceptors (Lipinski definition) is 4. The first-order valence-corrected chi connectivity index (χ1v) is 11.7. The summed E-state index contributed by atoms with van der Waals surface area (Å²) in [4.78, 5) is 36.8. The molecule has 0 aromatic heterocycles. The van der Waals surface area contributed by atoms with Gasteiger partial charge in [0, 0.05) is 12.5 Å². The van der Waals surface area contributed by atoms with Gasteiger partial charge in [-0.25, -0.2) is 4.79 Å². The molecule has 0 radical (unpaired) electrons. The summed E-state index contributed by atoms with van der Waals surface area (Å²) >= 11 is 0. The molecular formula is C28H26N2O5. The van der Waals surface area contributed by atoms with Crippen LogP contribution in [0.25, 0.3) is 11.1 Å². The van der Waals surface area contributed by atoms with Crippen molar-refractivity contribution in [3.63, 3.8) is 0 Å². The number of fused-ring (bicyclic) bond motifs is 3. The highest BCUT2D eigenvalue weighted by molar-refractivity contribution is 5.87. The lowest BCUT2D eigenvalue weighted by Gasteiger charge is -2.20. The number of benzene rings is 3. The molecule has 3 aromatic rings. The fourth-order valence-electron chi connectivity index (χ4n) is 4.81. The first-order chi connectivity index (χ1) is 17.0. The maximum absolute atomic E-state index is 12.9. The van der Waals surface area contributed by atoms with Crippen LogP contribution < -0.4 is 10.6 Å². The van der Waals surface area contributed by atoms with E-state index in [0.29, 0.717) is 12.0 Å². The van der Waals surface area contributed by atoms with E-state index in [0.717, 1.165) is 22.3 Å². The number of ether oxygens (including phenoxy) is 1. The Morgan fingerprint density at radius 1 is 0.886 bits per heavy atom. The van der Waals surface area contributed by atoms with Gasteiger partial charge in [-0.15, -0.1) is 0 Å². The monoisotopic (exact) mass is 470 g/mol. The first kappa shape index (κ1) is 22.7. The number of carbonyl (C=O) groups excluding carboxylic acids is 2. The van der Waals surface area contributed by atoms with Crippen molar-refractivity contribution in [2.45, 2.75) is 18.4 Å². The van der Waals surface area contributed by atoms with Crippen LogP contribution in [0.15, 0.2) is 78.9 Å². The van der Waals surface area contributed by atoms with Gasteiger partial charge in [0.1, 0.15) is 12.6 Å². The molecule has 7 nitrogen and oxygen atoms in total. The second kappa shape index (κ2) is 9.62. The zero-order valence-corrected chi connectivity index (χ0v) is 19.0. The number of carbonyl (C=O) groups is 3. The van der Waals surface area contributed by atoms with Crippen molar-refractivity contribution in [1.82, 2.24) is 10.6 Å². The van der Waals surface area contributed by atoms with Crippen LogP contribution >= 0.6 is 0 Å². The van der Waals surface area contributed by atoms with Crippen molar-refractivity contribution >= 4 is 18.0 Å². The molecule has 0 aliphatic heterocycles. The summed E-state index contributed by atoms with van der Waals surface area (Å²) < 4.78 is 5.62. The first-order valence-electron chi connectivity index (χ1n) is 11.7. The molecule has 1 saturated carbocycles. The Labute approximate surface area is 203 Å². The summed E-state index contributed by atoms with van der Waals surface area (Å²) in [7, 11) is 0. The summed E-state index contributed by atoms with van der Waals surface area (Å²) in [5.74, 6) is -1.83. The third-order valence-corrected chi connectivity index (χ3v) is 6.78. The van der Waals surface area contributed by atoms with Crippen molar-refractivity contribution < 1.29 is 24.2 Å². The predicted octanol–water partition coefficient (Wildman–Crippen LogP) is 4.10. The molecule has 3 aromatic carbocycles. The van der Waals surface area contributed by atoms with Crippen molar-refractivity contribution in [3.05, 3.63) is 95.6 Å². The van der Waals surface area contributed by atoms with Crippen LogP contribution in [0.3, 0.4) is 0 Å². The van der Waals surface area contributed by atoms with Gasteiger partial charge in [-0.1, -0.05) is 78.9 Å². The van der Waals surface area contributed by atoms with Crippen molar-refractivity contribution in [3.8, 4) is 11.1 Å². The van der Waals surface area contributed by atoms with Crippen LogP contribution in [0.4, 0.5) is 4.79 Å². The topological polar surface area (TPSA) is 105 Å². The van der Waals surface area contributed by atoms with E-state index in [2.05, 4.69) is 22.8 Å². The third kappa shape index (κ3) is 4.75. The Balaban J connectivity index is 1.25. The van der Waals surface area contributed by atoms with E-state index in [-0.39, 0.29) is 25.0 Å². The van der Waals surface area contributed by atoms with E-state index < -0.39 is 29.9 Å². The molecule has 3 N–H and O–H groups in total. The minimum Gasteiger partial charge on any atom is -0.481 e. The molecule has 35 heavy (non-hydrogen) atoms. The van der Waals surface area contributed by atoms with Gasteiger partial charge >= 0.3 is 12.1 Å². The van der Waals surface area contributed by atoms with E-state index >= 15 is 0 Å². The highest BCUT2D eigenvalue weighted by Crippen LogP contribution is 2.44. The smallest absolute Gasteiger partial charge is 0.408 e. The van der Waals surface area contributed by atoms with Crippen LogP contribution in [0.1, 0.15) is 35.1 Å². The summed E-state index contributed by atoms with van der Waals surface area (Å²) in [5, 5.41) is 14.6. The van der Waals surface area contributed by atoms with Crippen molar-refractivity contribution in [2.75, 3.05) is 13.2 Å². The second-order valence-corrected chi connectivity index (χ2v) is 9.00. The minimum atomic E-state index is -0.950. The van der Waals surface area contributed by atoms with Crippen LogP contribution in [0.2, 0.25) is 0 Å².